The molecule has 0 aromatic heterocycles. The van der Waals surface area contributed by atoms with Gasteiger partial charge in [0.1, 0.15) is 0 Å². The van der Waals surface area contributed by atoms with Gasteiger partial charge in [-0.1, -0.05) is 52.2 Å². The van der Waals surface area contributed by atoms with Gasteiger partial charge in [-0.3, -0.25) is 4.79 Å². The molecule has 0 bridgehead atoms. The number of allylic oxidation sites excluding steroid dienone is 2. The molecule has 5 rings (SSSR count). The number of fused-ring (bicyclic) bond motifs is 7. The van der Waals surface area contributed by atoms with Crippen LogP contribution in [-0.4, -0.2) is 22.3 Å². The fourth-order valence-corrected chi connectivity index (χ4v) is 10.1. The third-order valence-electron chi connectivity index (χ3n) is 11.4. The standard InChI is InChI=1S/C27H42O3/c1-16-6-5-12-25(2)13-9-18-17(23(16)25)7-8-21-26(18,3)14-10-19-22(24(29)30)20(28)11-15-27(19,21)4/h7,16,18-23,28H,5-6,8-15H2,1-4H3,(H,29,30). The number of aliphatic carboxylic acids is 1. The van der Waals surface area contributed by atoms with Gasteiger partial charge in [0.05, 0.1) is 12.0 Å². The second-order valence-electron chi connectivity index (χ2n) is 12.7. The lowest BCUT2D eigenvalue weighted by atomic mass is 9.38. The van der Waals surface area contributed by atoms with Crippen LogP contribution in [0.1, 0.15) is 91.9 Å². The Morgan fingerprint density at radius 3 is 2.47 bits per heavy atom. The highest BCUT2D eigenvalue weighted by Gasteiger charge is 2.63. The Balaban J connectivity index is 1.53. The molecular weight excluding hydrogens is 372 g/mol. The smallest absolute Gasteiger partial charge is 0.309 e. The monoisotopic (exact) mass is 414 g/mol. The Morgan fingerprint density at radius 2 is 1.73 bits per heavy atom. The third-order valence-corrected chi connectivity index (χ3v) is 11.4. The summed E-state index contributed by atoms with van der Waals surface area (Å²) in [7, 11) is 0. The largest absolute Gasteiger partial charge is 0.481 e. The van der Waals surface area contributed by atoms with Gasteiger partial charge in [-0.2, -0.15) is 0 Å². The molecule has 4 saturated carbocycles. The van der Waals surface area contributed by atoms with Gasteiger partial charge in [-0.15, -0.1) is 0 Å². The van der Waals surface area contributed by atoms with E-state index < -0.39 is 18.0 Å². The first-order valence-corrected chi connectivity index (χ1v) is 12.7. The zero-order valence-electron chi connectivity index (χ0n) is 19.5. The van der Waals surface area contributed by atoms with E-state index in [0.29, 0.717) is 29.1 Å². The Labute approximate surface area is 182 Å². The van der Waals surface area contributed by atoms with Crippen molar-refractivity contribution in [2.75, 3.05) is 0 Å². The summed E-state index contributed by atoms with van der Waals surface area (Å²) in [6, 6.07) is 0. The van der Waals surface area contributed by atoms with Gasteiger partial charge in [0.2, 0.25) is 0 Å². The molecule has 0 saturated heterocycles. The molecule has 2 N–H and O–H groups in total. The second-order valence-corrected chi connectivity index (χ2v) is 12.7. The fourth-order valence-electron chi connectivity index (χ4n) is 10.1. The highest BCUT2D eigenvalue weighted by Crippen LogP contribution is 2.70. The Kier molecular flexibility index (Phi) is 4.79. The van der Waals surface area contributed by atoms with Crippen molar-refractivity contribution in [2.24, 2.45) is 51.8 Å². The van der Waals surface area contributed by atoms with Crippen molar-refractivity contribution in [3.05, 3.63) is 11.6 Å². The van der Waals surface area contributed by atoms with Gasteiger partial charge in [0.15, 0.2) is 0 Å². The Morgan fingerprint density at radius 1 is 1.00 bits per heavy atom. The number of rotatable bonds is 1. The van der Waals surface area contributed by atoms with Crippen molar-refractivity contribution >= 4 is 5.97 Å². The predicted molar refractivity (Wildman–Crippen MR) is 119 cm³/mol. The molecule has 0 aromatic rings. The van der Waals surface area contributed by atoms with Gasteiger partial charge in [0, 0.05) is 0 Å². The van der Waals surface area contributed by atoms with E-state index in [4.69, 9.17) is 0 Å². The molecule has 0 radical (unpaired) electrons. The van der Waals surface area contributed by atoms with Crippen molar-refractivity contribution in [1.29, 1.82) is 0 Å². The molecule has 3 nitrogen and oxygen atoms in total. The molecule has 10 atom stereocenters. The molecule has 0 aliphatic heterocycles. The first-order chi connectivity index (χ1) is 14.1. The van der Waals surface area contributed by atoms with E-state index >= 15 is 0 Å². The highest BCUT2D eigenvalue weighted by molar-refractivity contribution is 5.71. The van der Waals surface area contributed by atoms with Crippen LogP contribution in [0.5, 0.6) is 0 Å². The van der Waals surface area contributed by atoms with E-state index in [0.717, 1.165) is 37.5 Å². The lowest BCUT2D eigenvalue weighted by Crippen LogP contribution is -2.60. The van der Waals surface area contributed by atoms with Gasteiger partial charge in [-0.25, -0.2) is 0 Å². The first-order valence-electron chi connectivity index (χ1n) is 12.7. The predicted octanol–water partition coefficient (Wildman–Crippen LogP) is 6.06. The maximum atomic E-state index is 12.1. The van der Waals surface area contributed by atoms with Crippen LogP contribution < -0.4 is 0 Å². The average Bonchev–Trinajstić information content (AvgIpc) is 2.67. The van der Waals surface area contributed by atoms with Crippen LogP contribution in [0.2, 0.25) is 0 Å². The van der Waals surface area contributed by atoms with Crippen LogP contribution in [0.25, 0.3) is 0 Å². The summed E-state index contributed by atoms with van der Waals surface area (Å²) in [5.74, 6) is 1.55. The van der Waals surface area contributed by atoms with Gasteiger partial charge in [-0.05, 0) is 97.2 Å². The van der Waals surface area contributed by atoms with Crippen LogP contribution in [-0.2, 0) is 4.79 Å². The minimum Gasteiger partial charge on any atom is -0.481 e. The molecule has 5 aliphatic carbocycles. The van der Waals surface area contributed by atoms with E-state index in [-0.39, 0.29) is 11.3 Å². The average molecular weight is 415 g/mol. The van der Waals surface area contributed by atoms with Gasteiger partial charge < -0.3 is 10.2 Å². The lowest BCUT2D eigenvalue weighted by Gasteiger charge is -2.66. The second kappa shape index (κ2) is 6.83. The molecule has 0 heterocycles. The molecule has 4 fully saturated rings. The van der Waals surface area contributed by atoms with Crippen LogP contribution >= 0.6 is 0 Å². The quantitative estimate of drug-likeness (QED) is 0.513. The number of carboxylic acid groups (broad SMARTS) is 1. The normalized spacial score (nSPS) is 55.4. The number of hydrogen-bond acceptors (Lipinski definition) is 2. The van der Waals surface area contributed by atoms with E-state index in [2.05, 4.69) is 33.8 Å². The van der Waals surface area contributed by atoms with Gasteiger partial charge in [0.25, 0.3) is 0 Å². The van der Waals surface area contributed by atoms with Crippen molar-refractivity contribution in [3.8, 4) is 0 Å². The summed E-state index contributed by atoms with van der Waals surface area (Å²) < 4.78 is 0. The molecule has 3 heteroatoms. The van der Waals surface area contributed by atoms with Crippen LogP contribution in [0, 0.1) is 51.8 Å². The molecule has 0 spiro atoms. The summed E-state index contributed by atoms with van der Waals surface area (Å²) in [4.78, 5) is 12.1. The number of aliphatic hydroxyl groups is 1. The summed E-state index contributed by atoms with van der Waals surface area (Å²) in [6.45, 7) is 10.0. The SMILES string of the molecule is CC1CCCC2(C)CCC3C(=CCC4C3(C)CCC3C(C(=O)O)C(O)CCC34C)C12. The van der Waals surface area contributed by atoms with Crippen molar-refractivity contribution in [1.82, 2.24) is 0 Å². The number of carboxylic acids is 1. The summed E-state index contributed by atoms with van der Waals surface area (Å²) >= 11 is 0. The number of carbonyl (C=O) groups is 1. The fraction of sp³-hybridized carbons (Fsp3) is 0.889. The molecule has 168 valence electrons. The minimum absolute atomic E-state index is 0.0379. The zero-order chi connectivity index (χ0) is 21.5. The third kappa shape index (κ3) is 2.69. The number of hydrogen-bond donors (Lipinski definition) is 2. The van der Waals surface area contributed by atoms with Crippen LogP contribution in [0.3, 0.4) is 0 Å². The van der Waals surface area contributed by atoms with Crippen molar-refractivity contribution in [3.63, 3.8) is 0 Å². The van der Waals surface area contributed by atoms with Crippen LogP contribution in [0.4, 0.5) is 0 Å². The van der Waals surface area contributed by atoms with Crippen molar-refractivity contribution < 1.29 is 15.0 Å². The molecule has 30 heavy (non-hydrogen) atoms. The minimum atomic E-state index is -0.779. The van der Waals surface area contributed by atoms with Crippen molar-refractivity contribution in [2.45, 2.75) is 98.0 Å². The molecule has 10 unspecified atom stereocenters. The highest BCUT2D eigenvalue weighted by atomic mass is 16.4. The van der Waals surface area contributed by atoms with E-state index in [1.807, 2.05) is 0 Å². The summed E-state index contributed by atoms with van der Waals surface area (Å²) in [5.41, 5.74) is 2.62. The zero-order valence-corrected chi connectivity index (χ0v) is 19.5. The number of aliphatic hydroxyl groups excluding tert-OH is 1. The summed E-state index contributed by atoms with van der Waals surface area (Å²) in [5, 5.41) is 20.5. The van der Waals surface area contributed by atoms with E-state index in [1.54, 1.807) is 5.57 Å². The van der Waals surface area contributed by atoms with E-state index in [9.17, 15) is 15.0 Å². The first kappa shape index (κ1) is 21.0. The maximum absolute atomic E-state index is 12.1. The maximum Gasteiger partial charge on any atom is 0.309 e. The topological polar surface area (TPSA) is 57.5 Å². The lowest BCUT2D eigenvalue weighted by molar-refractivity contribution is -0.181. The molecule has 0 aromatic carbocycles. The molecular formula is C27H42O3. The van der Waals surface area contributed by atoms with Crippen LogP contribution in [0.15, 0.2) is 11.6 Å². The molecule has 0 amide bonds. The molecule has 5 aliphatic rings. The van der Waals surface area contributed by atoms with Gasteiger partial charge >= 0.3 is 5.97 Å². The Bertz CT molecular complexity index is 757. The summed E-state index contributed by atoms with van der Waals surface area (Å²) in [6.07, 6.45) is 13.7. The Hall–Kier alpha value is -0.830. The van der Waals surface area contributed by atoms with E-state index in [1.165, 1.54) is 32.1 Å².